The highest BCUT2D eigenvalue weighted by molar-refractivity contribution is 5.85. The molecule has 27 heavy (non-hydrogen) atoms. The van der Waals surface area contributed by atoms with Gasteiger partial charge >= 0.3 is 6.18 Å². The zero-order valence-corrected chi connectivity index (χ0v) is 14.4. The van der Waals surface area contributed by atoms with Crippen LogP contribution in [0.15, 0.2) is 24.4 Å². The van der Waals surface area contributed by atoms with Crippen LogP contribution in [0, 0.1) is 11.6 Å². The monoisotopic (exact) mass is 389 g/mol. The molecule has 1 N–H and O–H groups in total. The van der Waals surface area contributed by atoms with Gasteiger partial charge in [0.05, 0.1) is 11.9 Å². The Morgan fingerprint density at radius 2 is 1.96 bits per heavy atom. The minimum atomic E-state index is -5.12. The highest BCUT2D eigenvalue weighted by atomic mass is 19.4. The molecule has 0 radical (unpaired) electrons. The fourth-order valence-corrected chi connectivity index (χ4v) is 3.15. The van der Waals surface area contributed by atoms with Gasteiger partial charge in [0, 0.05) is 30.6 Å². The average Bonchev–Trinajstić information content (AvgIpc) is 2.97. The number of nitrogens with zero attached hydrogens (tertiary/aromatic N) is 3. The van der Waals surface area contributed by atoms with Crippen molar-refractivity contribution in [1.82, 2.24) is 14.7 Å². The van der Waals surface area contributed by atoms with Gasteiger partial charge in [-0.1, -0.05) is 6.92 Å². The molecule has 0 aliphatic carbocycles. The molecular weight excluding hydrogens is 373 g/mol. The Hall–Kier alpha value is -2.49. The summed E-state index contributed by atoms with van der Waals surface area (Å²) in [5.74, 6) is -3.55. The highest BCUT2D eigenvalue weighted by Crippen LogP contribution is 2.36. The van der Waals surface area contributed by atoms with Crippen LogP contribution >= 0.6 is 0 Å². The third kappa shape index (κ3) is 3.18. The van der Waals surface area contributed by atoms with Crippen molar-refractivity contribution in [3.8, 4) is 5.69 Å². The van der Waals surface area contributed by atoms with E-state index in [-0.39, 0.29) is 18.8 Å². The molecule has 0 saturated carbocycles. The Balaban J connectivity index is 1.95. The SMILES string of the molecule is C[C@@H]1CN(C(=O)[C@@](C)(O)C(F)(F)F)Cc2cnn(-c3ccc(F)cc3F)c21. The number of benzene rings is 1. The summed E-state index contributed by atoms with van der Waals surface area (Å²) in [6.45, 7) is 1.72. The number of alkyl halides is 3. The molecule has 1 aliphatic heterocycles. The van der Waals surface area contributed by atoms with Crippen molar-refractivity contribution < 1.29 is 31.9 Å². The van der Waals surface area contributed by atoms with E-state index in [9.17, 15) is 31.9 Å². The average molecular weight is 389 g/mol. The Bertz CT molecular complexity index is 891. The van der Waals surface area contributed by atoms with Crippen LogP contribution < -0.4 is 0 Å². The van der Waals surface area contributed by atoms with Crippen LogP contribution in [-0.2, 0) is 11.3 Å². The first-order valence-corrected chi connectivity index (χ1v) is 8.04. The topological polar surface area (TPSA) is 58.4 Å². The van der Waals surface area contributed by atoms with E-state index in [0.29, 0.717) is 24.2 Å². The molecule has 0 saturated heterocycles. The van der Waals surface area contributed by atoms with E-state index in [1.54, 1.807) is 6.92 Å². The molecule has 1 amide bonds. The molecular formula is C17H16F5N3O2. The van der Waals surface area contributed by atoms with E-state index in [4.69, 9.17) is 0 Å². The van der Waals surface area contributed by atoms with Gasteiger partial charge in [-0.05, 0) is 19.1 Å². The lowest BCUT2D eigenvalue weighted by Crippen LogP contribution is -2.57. The summed E-state index contributed by atoms with van der Waals surface area (Å²) in [5, 5.41) is 13.7. The largest absolute Gasteiger partial charge is 0.426 e. The maximum absolute atomic E-state index is 14.1. The molecule has 2 atom stereocenters. The van der Waals surface area contributed by atoms with Crippen LogP contribution in [0.4, 0.5) is 22.0 Å². The molecule has 2 heterocycles. The lowest BCUT2D eigenvalue weighted by Gasteiger charge is -2.36. The summed E-state index contributed by atoms with van der Waals surface area (Å²) in [7, 11) is 0. The predicted molar refractivity (Wildman–Crippen MR) is 84.0 cm³/mol. The number of carbonyl (C=O) groups is 1. The van der Waals surface area contributed by atoms with Gasteiger partial charge in [0.1, 0.15) is 11.5 Å². The van der Waals surface area contributed by atoms with E-state index in [0.717, 1.165) is 11.0 Å². The third-order valence-electron chi connectivity index (χ3n) is 4.60. The summed E-state index contributed by atoms with van der Waals surface area (Å²) >= 11 is 0. The number of hydrogen-bond acceptors (Lipinski definition) is 3. The predicted octanol–water partition coefficient (Wildman–Crippen LogP) is 2.91. The molecule has 2 aromatic rings. The van der Waals surface area contributed by atoms with Gasteiger partial charge in [-0.25, -0.2) is 13.5 Å². The number of halogens is 5. The quantitative estimate of drug-likeness (QED) is 0.804. The Morgan fingerprint density at radius 3 is 2.56 bits per heavy atom. The fourth-order valence-electron chi connectivity index (χ4n) is 3.15. The van der Waals surface area contributed by atoms with Crippen LogP contribution in [0.1, 0.15) is 31.0 Å². The zero-order chi connectivity index (χ0) is 20.1. The highest BCUT2D eigenvalue weighted by Gasteiger charge is 2.57. The van der Waals surface area contributed by atoms with Crippen LogP contribution in [0.2, 0.25) is 0 Å². The number of rotatable bonds is 2. The van der Waals surface area contributed by atoms with E-state index in [1.165, 1.54) is 16.9 Å². The van der Waals surface area contributed by atoms with Crippen LogP contribution in [-0.4, -0.2) is 44.0 Å². The van der Waals surface area contributed by atoms with E-state index in [1.807, 2.05) is 0 Å². The lowest BCUT2D eigenvalue weighted by atomic mass is 9.95. The summed E-state index contributed by atoms with van der Waals surface area (Å²) in [6, 6.07) is 2.97. The van der Waals surface area contributed by atoms with Crippen molar-refractivity contribution in [3.05, 3.63) is 47.3 Å². The lowest BCUT2D eigenvalue weighted by molar-refractivity contribution is -0.250. The molecule has 0 bridgehead atoms. The number of aliphatic hydroxyl groups is 1. The molecule has 1 aromatic carbocycles. The molecule has 1 aliphatic rings. The number of carbonyl (C=O) groups excluding carboxylic acids is 1. The number of fused-ring (bicyclic) bond motifs is 1. The fraction of sp³-hybridized carbons (Fsp3) is 0.412. The van der Waals surface area contributed by atoms with Gasteiger partial charge in [-0.2, -0.15) is 18.3 Å². The first kappa shape index (κ1) is 19.3. The van der Waals surface area contributed by atoms with E-state index in [2.05, 4.69) is 5.10 Å². The summed E-state index contributed by atoms with van der Waals surface area (Å²) in [6.07, 6.45) is -3.80. The second-order valence-electron chi connectivity index (χ2n) is 6.72. The van der Waals surface area contributed by atoms with E-state index < -0.39 is 35.2 Å². The first-order valence-electron chi connectivity index (χ1n) is 8.04. The van der Waals surface area contributed by atoms with Crippen molar-refractivity contribution in [2.45, 2.75) is 38.1 Å². The van der Waals surface area contributed by atoms with Gasteiger partial charge in [0.15, 0.2) is 5.82 Å². The van der Waals surface area contributed by atoms with Crippen molar-refractivity contribution in [3.63, 3.8) is 0 Å². The smallest absolute Gasteiger partial charge is 0.373 e. The molecule has 1 aromatic heterocycles. The second-order valence-corrected chi connectivity index (χ2v) is 6.72. The molecule has 3 rings (SSSR count). The molecule has 10 heteroatoms. The second kappa shape index (κ2) is 6.29. The molecule has 5 nitrogen and oxygen atoms in total. The van der Waals surface area contributed by atoms with Crippen LogP contribution in [0.25, 0.3) is 5.69 Å². The van der Waals surface area contributed by atoms with Crippen LogP contribution in [0.3, 0.4) is 0 Å². The number of aromatic nitrogens is 2. The Morgan fingerprint density at radius 1 is 1.30 bits per heavy atom. The Kier molecular flexibility index (Phi) is 4.49. The first-order chi connectivity index (χ1) is 12.4. The minimum absolute atomic E-state index is 0.00781. The van der Waals surface area contributed by atoms with Gasteiger partial charge < -0.3 is 10.0 Å². The zero-order valence-electron chi connectivity index (χ0n) is 14.4. The normalized spacial score (nSPS) is 19.6. The maximum atomic E-state index is 14.1. The molecule has 146 valence electrons. The van der Waals surface area contributed by atoms with Crippen molar-refractivity contribution in [1.29, 1.82) is 0 Å². The standard InChI is InChI=1S/C17H16F5N3O2/c1-9-7-24(15(26)16(2,27)17(20,21)22)8-10-6-23-25(14(9)10)13-4-3-11(18)5-12(13)19/h3-6,9,27H,7-8H2,1-2H3/t9-,16-/m1/s1. The van der Waals surface area contributed by atoms with Gasteiger partial charge in [-0.3, -0.25) is 4.79 Å². The van der Waals surface area contributed by atoms with Crippen molar-refractivity contribution >= 4 is 5.91 Å². The van der Waals surface area contributed by atoms with Gasteiger partial charge in [-0.15, -0.1) is 0 Å². The molecule has 0 spiro atoms. The van der Waals surface area contributed by atoms with Gasteiger partial charge in [0.25, 0.3) is 5.91 Å². The van der Waals surface area contributed by atoms with Crippen molar-refractivity contribution in [2.24, 2.45) is 0 Å². The number of amides is 1. The molecule has 0 fully saturated rings. The van der Waals surface area contributed by atoms with E-state index >= 15 is 0 Å². The van der Waals surface area contributed by atoms with Crippen molar-refractivity contribution in [2.75, 3.05) is 6.54 Å². The third-order valence-corrected chi connectivity index (χ3v) is 4.60. The summed E-state index contributed by atoms with van der Waals surface area (Å²) < 4.78 is 67.3. The molecule has 0 unspecified atom stereocenters. The number of hydrogen-bond donors (Lipinski definition) is 1. The summed E-state index contributed by atoms with van der Waals surface area (Å²) in [5.41, 5.74) is -2.59. The maximum Gasteiger partial charge on any atom is 0.426 e. The minimum Gasteiger partial charge on any atom is -0.373 e. The van der Waals surface area contributed by atoms with Gasteiger partial charge in [0.2, 0.25) is 5.60 Å². The summed E-state index contributed by atoms with van der Waals surface area (Å²) in [4.78, 5) is 13.1. The Labute approximate surface area is 151 Å². The van der Waals surface area contributed by atoms with Crippen LogP contribution in [0.5, 0.6) is 0 Å².